The normalized spacial score (nSPS) is 35.0. The number of hydrogen-bond donors (Lipinski definition) is 0. The van der Waals surface area contributed by atoms with Crippen LogP contribution in [0.1, 0.15) is 32.9 Å². The zero-order chi connectivity index (χ0) is 19.9. The van der Waals surface area contributed by atoms with Gasteiger partial charge in [0, 0.05) is 17.7 Å². The number of allylic oxidation sites excluding steroid dienone is 1. The predicted octanol–water partition coefficient (Wildman–Crippen LogP) is 5.32. The van der Waals surface area contributed by atoms with Crippen molar-refractivity contribution in [1.82, 2.24) is 4.98 Å². The van der Waals surface area contributed by atoms with Crippen LogP contribution in [0.4, 0.5) is 4.39 Å². The molecule has 0 bridgehead atoms. The van der Waals surface area contributed by atoms with Crippen LogP contribution in [-0.2, 0) is 9.53 Å². The van der Waals surface area contributed by atoms with E-state index in [0.717, 1.165) is 16.8 Å². The number of carbonyl (C=O) groups excluding carboxylic acids is 1. The lowest BCUT2D eigenvalue weighted by Gasteiger charge is -2.43. The highest BCUT2D eigenvalue weighted by Crippen LogP contribution is 2.53. The van der Waals surface area contributed by atoms with E-state index in [1.807, 2.05) is 55.6 Å². The number of aromatic nitrogens is 1. The topological polar surface area (TPSA) is 39.2 Å². The van der Waals surface area contributed by atoms with Crippen LogP contribution >= 0.6 is 0 Å². The van der Waals surface area contributed by atoms with Crippen LogP contribution < -0.4 is 0 Å². The lowest BCUT2D eigenvalue weighted by atomic mass is 9.61. The maximum absolute atomic E-state index is 15.5. The van der Waals surface area contributed by atoms with Crippen LogP contribution in [0.25, 0.3) is 17.2 Å². The van der Waals surface area contributed by atoms with E-state index in [-0.39, 0.29) is 24.2 Å². The van der Waals surface area contributed by atoms with Crippen molar-refractivity contribution >= 4 is 12.0 Å². The number of hydrogen-bond acceptors (Lipinski definition) is 3. The summed E-state index contributed by atoms with van der Waals surface area (Å²) < 4.78 is 20.8. The third-order valence-electron chi connectivity index (χ3n) is 6.59. The Balaban J connectivity index is 1.58. The Hall–Kier alpha value is -2.49. The molecule has 0 spiro atoms. The fourth-order valence-corrected chi connectivity index (χ4v) is 4.86. The molecule has 0 radical (unpaired) electrons. The van der Waals surface area contributed by atoms with Gasteiger partial charge in [0.1, 0.15) is 6.10 Å². The third-order valence-corrected chi connectivity index (χ3v) is 6.59. The molecule has 28 heavy (non-hydrogen) atoms. The molecule has 2 heterocycles. The van der Waals surface area contributed by atoms with Crippen LogP contribution in [0.15, 0.2) is 54.7 Å². The van der Waals surface area contributed by atoms with Crippen molar-refractivity contribution in [2.24, 2.45) is 23.7 Å². The number of alkyl halides is 1. The SMILES string of the molecule is CC1CC2(F)C(=O)OC(C)C2C(/C=C/c2ccc(-c3ccccc3)cn2)C1C. The molecule has 6 atom stereocenters. The van der Waals surface area contributed by atoms with Gasteiger partial charge in [-0.1, -0.05) is 56.3 Å². The van der Waals surface area contributed by atoms with Crippen molar-refractivity contribution in [2.75, 3.05) is 0 Å². The smallest absolute Gasteiger partial charge is 0.344 e. The van der Waals surface area contributed by atoms with Crippen LogP contribution in [0, 0.1) is 23.7 Å². The largest absolute Gasteiger partial charge is 0.460 e. The zero-order valence-electron chi connectivity index (χ0n) is 16.5. The first-order valence-corrected chi connectivity index (χ1v) is 10.00. The molecule has 1 saturated heterocycles. The van der Waals surface area contributed by atoms with Crippen molar-refractivity contribution in [3.8, 4) is 11.1 Å². The molecule has 3 nitrogen and oxygen atoms in total. The molecule has 4 rings (SSSR count). The van der Waals surface area contributed by atoms with Crippen molar-refractivity contribution in [3.63, 3.8) is 0 Å². The summed E-state index contributed by atoms with van der Waals surface area (Å²) in [5, 5.41) is 0. The highest BCUT2D eigenvalue weighted by molar-refractivity contribution is 5.83. The minimum Gasteiger partial charge on any atom is -0.460 e. The average molecular weight is 379 g/mol. The standard InChI is InChI=1S/C24H26FNO2/c1-15-13-24(25)22(17(3)28-23(24)27)21(16(15)2)12-11-20-10-9-19(14-26-20)18-7-5-4-6-8-18/h4-12,14-17,21-22H,13H2,1-3H3/b12-11+. The minimum absolute atomic E-state index is 0.0641. The van der Waals surface area contributed by atoms with Crippen molar-refractivity contribution in [2.45, 2.75) is 39.0 Å². The summed E-state index contributed by atoms with van der Waals surface area (Å²) in [6.07, 6.45) is 5.67. The maximum Gasteiger partial charge on any atom is 0.344 e. The molecular formula is C24H26FNO2. The van der Waals surface area contributed by atoms with Gasteiger partial charge in [-0.25, -0.2) is 9.18 Å². The second-order valence-corrected chi connectivity index (χ2v) is 8.31. The molecule has 1 aromatic heterocycles. The highest BCUT2D eigenvalue weighted by atomic mass is 19.1. The zero-order valence-corrected chi connectivity index (χ0v) is 16.5. The van der Waals surface area contributed by atoms with Gasteiger partial charge in [-0.05, 0) is 48.8 Å². The molecule has 0 amide bonds. The molecule has 4 heteroatoms. The number of nitrogens with zero attached hydrogens (tertiary/aromatic N) is 1. The molecule has 0 N–H and O–H groups in total. The first-order valence-electron chi connectivity index (χ1n) is 10.00. The molecule has 2 fully saturated rings. The Morgan fingerprint density at radius 3 is 2.54 bits per heavy atom. The van der Waals surface area contributed by atoms with E-state index in [1.54, 1.807) is 6.92 Å². The number of carbonyl (C=O) groups is 1. The van der Waals surface area contributed by atoms with E-state index < -0.39 is 23.7 Å². The maximum atomic E-state index is 15.5. The Morgan fingerprint density at radius 2 is 1.86 bits per heavy atom. The predicted molar refractivity (Wildman–Crippen MR) is 108 cm³/mol. The van der Waals surface area contributed by atoms with Gasteiger partial charge in [0.25, 0.3) is 0 Å². The summed E-state index contributed by atoms with van der Waals surface area (Å²) in [5.41, 5.74) is 1.14. The number of benzene rings is 1. The van der Waals surface area contributed by atoms with Crippen LogP contribution in [0.5, 0.6) is 0 Å². The average Bonchev–Trinajstić information content (AvgIpc) is 2.92. The van der Waals surface area contributed by atoms with E-state index in [0.29, 0.717) is 0 Å². The van der Waals surface area contributed by atoms with Gasteiger partial charge in [-0.3, -0.25) is 4.98 Å². The summed E-state index contributed by atoms with van der Waals surface area (Å²) >= 11 is 0. The second kappa shape index (κ2) is 7.16. The van der Waals surface area contributed by atoms with Gasteiger partial charge in [0.05, 0.1) is 5.69 Å². The van der Waals surface area contributed by atoms with Gasteiger partial charge in [-0.15, -0.1) is 0 Å². The van der Waals surface area contributed by atoms with E-state index in [4.69, 9.17) is 4.74 Å². The van der Waals surface area contributed by atoms with Crippen molar-refractivity contribution < 1.29 is 13.9 Å². The molecule has 6 unspecified atom stereocenters. The van der Waals surface area contributed by atoms with E-state index in [9.17, 15) is 4.79 Å². The molecule has 1 aliphatic carbocycles. The van der Waals surface area contributed by atoms with Gasteiger partial charge in [0.2, 0.25) is 5.67 Å². The van der Waals surface area contributed by atoms with Gasteiger partial charge in [-0.2, -0.15) is 0 Å². The van der Waals surface area contributed by atoms with E-state index >= 15 is 4.39 Å². The van der Waals surface area contributed by atoms with Gasteiger partial charge >= 0.3 is 5.97 Å². The number of cyclic esters (lactones) is 1. The minimum atomic E-state index is -1.87. The number of esters is 1. The molecule has 1 aromatic carbocycles. The fourth-order valence-electron chi connectivity index (χ4n) is 4.86. The number of pyridine rings is 1. The number of fused-ring (bicyclic) bond motifs is 1. The second-order valence-electron chi connectivity index (χ2n) is 8.31. The van der Waals surface area contributed by atoms with Gasteiger partial charge in [0.15, 0.2) is 0 Å². The molecule has 2 aromatic rings. The Bertz CT molecular complexity index is 879. The lowest BCUT2D eigenvalue weighted by molar-refractivity contribution is -0.152. The third kappa shape index (κ3) is 3.15. The Morgan fingerprint density at radius 1 is 1.11 bits per heavy atom. The van der Waals surface area contributed by atoms with Crippen molar-refractivity contribution in [3.05, 3.63) is 60.4 Å². The first kappa shape index (κ1) is 18.9. The Labute approximate surface area is 165 Å². The lowest BCUT2D eigenvalue weighted by Crippen LogP contribution is -2.50. The number of halogens is 1. The summed E-state index contributed by atoms with van der Waals surface area (Å²) in [7, 11) is 0. The molecule has 1 aliphatic heterocycles. The Kier molecular flexibility index (Phi) is 4.82. The quantitative estimate of drug-likeness (QED) is 0.677. The van der Waals surface area contributed by atoms with E-state index in [1.165, 1.54) is 0 Å². The highest BCUT2D eigenvalue weighted by Gasteiger charge is 2.63. The molecular weight excluding hydrogens is 353 g/mol. The fraction of sp³-hybridized carbons (Fsp3) is 0.417. The van der Waals surface area contributed by atoms with E-state index in [2.05, 4.69) is 24.0 Å². The van der Waals surface area contributed by atoms with Gasteiger partial charge < -0.3 is 4.74 Å². The van der Waals surface area contributed by atoms with Crippen LogP contribution in [0.2, 0.25) is 0 Å². The van der Waals surface area contributed by atoms with Crippen LogP contribution in [-0.4, -0.2) is 22.7 Å². The summed E-state index contributed by atoms with van der Waals surface area (Å²) in [6, 6.07) is 14.1. The van der Waals surface area contributed by atoms with Crippen molar-refractivity contribution in [1.29, 1.82) is 0 Å². The number of ether oxygens (including phenoxy) is 1. The monoisotopic (exact) mass is 379 g/mol. The molecule has 1 saturated carbocycles. The molecule has 2 aliphatic rings. The summed E-state index contributed by atoms with van der Waals surface area (Å²) in [4.78, 5) is 16.7. The summed E-state index contributed by atoms with van der Waals surface area (Å²) in [6.45, 7) is 5.97. The first-order chi connectivity index (χ1) is 13.4. The number of rotatable bonds is 3. The van der Waals surface area contributed by atoms with Crippen LogP contribution in [0.3, 0.4) is 0 Å². The summed E-state index contributed by atoms with van der Waals surface area (Å²) in [5.74, 6) is -0.808. The molecule has 146 valence electrons.